The van der Waals surface area contributed by atoms with Gasteiger partial charge in [-0.2, -0.15) is 5.10 Å². The molecular weight excluding hydrogens is 414 g/mol. The molecule has 1 aliphatic rings. The van der Waals surface area contributed by atoms with E-state index in [0.717, 1.165) is 35.5 Å². The number of hydrogen-bond donors (Lipinski definition) is 0. The summed E-state index contributed by atoms with van der Waals surface area (Å²) in [5, 5.41) is 7.61. The van der Waals surface area contributed by atoms with Gasteiger partial charge in [0.15, 0.2) is 0 Å². The summed E-state index contributed by atoms with van der Waals surface area (Å²) in [4.78, 5) is 5.71. The molecule has 0 aliphatic carbocycles. The van der Waals surface area contributed by atoms with E-state index in [1.54, 1.807) is 17.6 Å². The Bertz CT molecular complexity index is 1140. The van der Waals surface area contributed by atoms with Gasteiger partial charge in [-0.1, -0.05) is 35.9 Å². The average molecular weight is 440 g/mol. The lowest BCUT2D eigenvalue weighted by molar-refractivity contribution is 0.117. The van der Waals surface area contributed by atoms with Gasteiger partial charge in [-0.15, -0.1) is 11.3 Å². The van der Waals surface area contributed by atoms with Gasteiger partial charge in [-0.05, 0) is 62.4 Å². The molecule has 2 aromatic carbocycles. The Kier molecular flexibility index (Phi) is 6.52. The van der Waals surface area contributed by atoms with Crippen molar-refractivity contribution >= 4 is 29.2 Å². The van der Waals surface area contributed by atoms with Gasteiger partial charge in [-0.25, -0.2) is 4.68 Å². The molecule has 0 amide bonds. The summed E-state index contributed by atoms with van der Waals surface area (Å²) in [6, 6.07) is 12.2. The molecule has 1 aromatic heterocycles. The molecule has 0 saturated carbocycles. The van der Waals surface area contributed by atoms with Gasteiger partial charge >= 0.3 is 0 Å². The van der Waals surface area contributed by atoms with E-state index in [4.69, 9.17) is 26.4 Å². The first-order chi connectivity index (χ1) is 14.5. The van der Waals surface area contributed by atoms with E-state index in [2.05, 4.69) is 38.3 Å². The molecule has 0 spiro atoms. The number of aromatic nitrogens is 1. The van der Waals surface area contributed by atoms with Crippen molar-refractivity contribution in [2.24, 2.45) is 10.1 Å². The summed E-state index contributed by atoms with van der Waals surface area (Å²) < 4.78 is 7.68. The lowest BCUT2D eigenvalue weighted by atomic mass is 9.99. The van der Waals surface area contributed by atoms with Gasteiger partial charge in [0.1, 0.15) is 0 Å². The number of thiazole rings is 1. The molecule has 4 rings (SSSR count). The van der Waals surface area contributed by atoms with Gasteiger partial charge in [-0.3, -0.25) is 4.99 Å². The van der Waals surface area contributed by atoms with Crippen molar-refractivity contribution < 1.29 is 4.74 Å². The summed E-state index contributed by atoms with van der Waals surface area (Å²) in [7, 11) is 0. The summed E-state index contributed by atoms with van der Waals surface area (Å²) in [5.74, 6) is 0. The highest BCUT2D eigenvalue weighted by molar-refractivity contribution is 7.07. The third kappa shape index (κ3) is 4.59. The molecule has 0 N–H and O–H groups in total. The van der Waals surface area contributed by atoms with Crippen molar-refractivity contribution in [3.63, 3.8) is 0 Å². The molecule has 1 fully saturated rings. The predicted octanol–water partition coefficient (Wildman–Crippen LogP) is 5.76. The quantitative estimate of drug-likeness (QED) is 0.466. The van der Waals surface area contributed by atoms with Gasteiger partial charge in [0.25, 0.3) is 0 Å². The van der Waals surface area contributed by atoms with Gasteiger partial charge in [0.2, 0.25) is 4.80 Å². The van der Waals surface area contributed by atoms with E-state index in [1.165, 1.54) is 22.3 Å². The molecule has 156 valence electrons. The second-order valence-corrected chi connectivity index (χ2v) is 8.95. The first kappa shape index (κ1) is 21.0. The van der Waals surface area contributed by atoms with Crippen molar-refractivity contribution in [3.05, 3.63) is 73.9 Å². The van der Waals surface area contributed by atoms with Crippen LogP contribution in [0.15, 0.2) is 51.9 Å². The number of benzene rings is 2. The van der Waals surface area contributed by atoms with Crippen LogP contribution in [0.3, 0.4) is 0 Å². The Morgan fingerprint density at radius 1 is 1.17 bits per heavy atom. The van der Waals surface area contributed by atoms with E-state index < -0.39 is 0 Å². The fraction of sp³-hybridized carbons (Fsp3) is 0.333. The van der Waals surface area contributed by atoms with Crippen molar-refractivity contribution in [1.82, 2.24) is 4.68 Å². The third-order valence-electron chi connectivity index (χ3n) is 5.47. The van der Waals surface area contributed by atoms with Gasteiger partial charge in [0.05, 0.1) is 24.6 Å². The number of rotatable bonds is 5. The Morgan fingerprint density at radius 2 is 1.97 bits per heavy atom. The van der Waals surface area contributed by atoms with E-state index in [1.807, 2.05) is 28.9 Å². The largest absolute Gasteiger partial charge is 0.376 e. The fourth-order valence-corrected chi connectivity index (χ4v) is 4.63. The Morgan fingerprint density at radius 3 is 2.73 bits per heavy atom. The van der Waals surface area contributed by atoms with E-state index >= 15 is 0 Å². The van der Waals surface area contributed by atoms with E-state index in [0.29, 0.717) is 11.6 Å². The third-order valence-corrected chi connectivity index (χ3v) is 6.67. The lowest BCUT2D eigenvalue weighted by Gasteiger charge is -2.11. The summed E-state index contributed by atoms with van der Waals surface area (Å²) >= 11 is 7.94. The van der Waals surface area contributed by atoms with Crippen LogP contribution < -0.4 is 4.80 Å². The van der Waals surface area contributed by atoms with Crippen LogP contribution in [0, 0.1) is 20.8 Å². The first-order valence-electron chi connectivity index (χ1n) is 10.2. The van der Waals surface area contributed by atoms with Gasteiger partial charge in [0, 0.05) is 28.1 Å². The topological polar surface area (TPSA) is 38.9 Å². The molecule has 3 aromatic rings. The lowest BCUT2D eigenvalue weighted by Crippen LogP contribution is -2.17. The second-order valence-electron chi connectivity index (χ2n) is 7.71. The zero-order valence-corrected chi connectivity index (χ0v) is 19.1. The zero-order chi connectivity index (χ0) is 21.1. The molecule has 1 saturated heterocycles. The van der Waals surface area contributed by atoms with Crippen LogP contribution >= 0.6 is 22.9 Å². The Hall–Kier alpha value is -2.21. The molecule has 1 unspecified atom stereocenters. The van der Waals surface area contributed by atoms with Crippen molar-refractivity contribution in [2.45, 2.75) is 39.7 Å². The Balaban J connectivity index is 1.79. The maximum absolute atomic E-state index is 6.33. The van der Waals surface area contributed by atoms with Crippen molar-refractivity contribution in [2.75, 3.05) is 13.2 Å². The fourth-order valence-electron chi connectivity index (χ4n) is 3.61. The highest BCUT2D eigenvalue weighted by Gasteiger charge is 2.16. The monoisotopic (exact) mass is 439 g/mol. The highest BCUT2D eigenvalue weighted by atomic mass is 35.5. The molecule has 0 bridgehead atoms. The number of nitrogens with zero attached hydrogens (tertiary/aromatic N) is 3. The predicted molar refractivity (Wildman–Crippen MR) is 126 cm³/mol. The number of hydrogen-bond acceptors (Lipinski definition) is 4. The van der Waals surface area contributed by atoms with Crippen LogP contribution in [0.25, 0.3) is 11.3 Å². The van der Waals surface area contributed by atoms with Crippen LogP contribution in [0.1, 0.15) is 35.1 Å². The summed E-state index contributed by atoms with van der Waals surface area (Å²) in [6.07, 6.45) is 4.20. The normalized spacial score (nSPS) is 17.3. The zero-order valence-electron chi connectivity index (χ0n) is 17.6. The minimum Gasteiger partial charge on any atom is -0.376 e. The average Bonchev–Trinajstić information content (AvgIpc) is 3.38. The van der Waals surface area contributed by atoms with Crippen LogP contribution in [0.4, 0.5) is 0 Å². The molecular formula is C24H26ClN3OS. The molecule has 1 atom stereocenters. The van der Waals surface area contributed by atoms with E-state index in [9.17, 15) is 0 Å². The van der Waals surface area contributed by atoms with Crippen molar-refractivity contribution in [3.8, 4) is 11.3 Å². The van der Waals surface area contributed by atoms with Crippen LogP contribution in [0.5, 0.6) is 0 Å². The molecule has 6 heteroatoms. The number of aryl methyl sites for hydroxylation is 3. The number of ether oxygens (including phenoxy) is 1. The maximum Gasteiger partial charge on any atom is 0.206 e. The van der Waals surface area contributed by atoms with Crippen LogP contribution in [-0.4, -0.2) is 30.1 Å². The second kappa shape index (κ2) is 9.29. The molecule has 1 aliphatic heterocycles. The van der Waals surface area contributed by atoms with Crippen LogP contribution in [-0.2, 0) is 4.74 Å². The minimum atomic E-state index is 0.208. The summed E-state index contributed by atoms with van der Waals surface area (Å²) in [5.41, 5.74) is 6.87. The molecule has 4 nitrogen and oxygen atoms in total. The molecule has 0 radical (unpaired) electrons. The van der Waals surface area contributed by atoms with Gasteiger partial charge < -0.3 is 4.74 Å². The summed E-state index contributed by atoms with van der Waals surface area (Å²) in [6.45, 7) is 7.93. The first-order valence-corrected chi connectivity index (χ1v) is 11.5. The van der Waals surface area contributed by atoms with E-state index in [-0.39, 0.29) is 6.10 Å². The van der Waals surface area contributed by atoms with Crippen LogP contribution in [0.2, 0.25) is 5.02 Å². The number of halogens is 1. The maximum atomic E-state index is 6.33. The molecule has 2 heterocycles. The van der Waals surface area contributed by atoms with Crippen molar-refractivity contribution in [1.29, 1.82) is 0 Å². The SMILES string of the molecule is Cc1cc(C)c(-c2csc(=NCC3CCCO3)n2N=Cc2ccccc2Cl)cc1C. The Labute approximate surface area is 186 Å². The smallest absolute Gasteiger partial charge is 0.206 e. The highest BCUT2D eigenvalue weighted by Crippen LogP contribution is 2.27. The standard InChI is InChI=1S/C24H26ClN3OS/c1-16-11-18(3)21(12-17(16)2)23-15-30-24(26-14-20-8-6-10-29-20)28(23)27-13-19-7-4-5-9-22(19)25/h4-5,7,9,11-13,15,20H,6,8,10,14H2,1-3H3. The molecule has 30 heavy (non-hydrogen) atoms. The minimum absolute atomic E-state index is 0.208.